The van der Waals surface area contributed by atoms with E-state index in [2.05, 4.69) is 10.5 Å². The molecule has 1 fully saturated rings. The van der Waals surface area contributed by atoms with Gasteiger partial charge in [-0.1, -0.05) is 5.16 Å². The number of nitrogens with one attached hydrogen (secondary N) is 1. The molecular formula is C15H13N3O3. The molecule has 0 saturated carbocycles. The highest BCUT2D eigenvalue weighted by Gasteiger charge is 2.32. The number of carbonyl (C=O) groups excluding carboxylic acids is 2. The molecule has 3 heterocycles. The highest BCUT2D eigenvalue weighted by atomic mass is 16.5. The number of benzene rings is 1. The lowest BCUT2D eigenvalue weighted by Crippen LogP contribution is -2.39. The molecule has 106 valence electrons. The van der Waals surface area contributed by atoms with E-state index >= 15 is 0 Å². The van der Waals surface area contributed by atoms with E-state index in [0.717, 1.165) is 16.3 Å². The Kier molecular flexibility index (Phi) is 2.42. The Balaban J connectivity index is 1.95. The number of hydrogen-bond donors (Lipinski definition) is 1. The lowest BCUT2D eigenvalue weighted by Gasteiger charge is -2.18. The van der Waals surface area contributed by atoms with Gasteiger partial charge in [-0.3, -0.25) is 14.9 Å². The molecule has 2 aromatic heterocycles. The first-order valence-electron chi connectivity index (χ1n) is 6.82. The molecule has 21 heavy (non-hydrogen) atoms. The Labute approximate surface area is 119 Å². The van der Waals surface area contributed by atoms with Crippen molar-refractivity contribution in [2.75, 3.05) is 0 Å². The number of piperidine rings is 1. The van der Waals surface area contributed by atoms with Gasteiger partial charge in [-0.15, -0.1) is 0 Å². The van der Waals surface area contributed by atoms with Crippen LogP contribution in [-0.2, 0) is 16.6 Å². The molecule has 0 radical (unpaired) electrons. The molecule has 0 aliphatic carbocycles. The third kappa shape index (κ3) is 1.68. The second-order valence-corrected chi connectivity index (χ2v) is 5.37. The van der Waals surface area contributed by atoms with Crippen molar-refractivity contribution in [1.82, 2.24) is 15.0 Å². The van der Waals surface area contributed by atoms with Gasteiger partial charge < -0.3 is 9.09 Å². The van der Waals surface area contributed by atoms with E-state index in [-0.39, 0.29) is 11.8 Å². The maximum atomic E-state index is 12.1. The van der Waals surface area contributed by atoms with Gasteiger partial charge in [0.15, 0.2) is 5.58 Å². The first-order valence-corrected chi connectivity index (χ1v) is 6.82. The van der Waals surface area contributed by atoms with Crippen molar-refractivity contribution in [2.45, 2.75) is 18.8 Å². The quantitative estimate of drug-likeness (QED) is 0.691. The van der Waals surface area contributed by atoms with Gasteiger partial charge in [0.1, 0.15) is 5.69 Å². The highest BCUT2D eigenvalue weighted by Crippen LogP contribution is 2.35. The van der Waals surface area contributed by atoms with Crippen molar-refractivity contribution in [3.05, 3.63) is 30.1 Å². The zero-order valence-corrected chi connectivity index (χ0v) is 11.4. The van der Waals surface area contributed by atoms with Gasteiger partial charge >= 0.3 is 0 Å². The van der Waals surface area contributed by atoms with Gasteiger partial charge in [0.25, 0.3) is 0 Å². The summed E-state index contributed by atoms with van der Waals surface area (Å²) in [6.45, 7) is 0. The molecule has 4 rings (SSSR count). The van der Waals surface area contributed by atoms with E-state index in [4.69, 9.17) is 4.52 Å². The minimum Gasteiger partial charge on any atom is -0.356 e. The average Bonchev–Trinajstić information content (AvgIpc) is 3.03. The summed E-state index contributed by atoms with van der Waals surface area (Å²) in [6.07, 6.45) is 2.76. The summed E-state index contributed by atoms with van der Waals surface area (Å²) in [7, 11) is 1.97. The Morgan fingerprint density at radius 1 is 1.33 bits per heavy atom. The van der Waals surface area contributed by atoms with Gasteiger partial charge in [-0.05, 0) is 24.6 Å². The summed E-state index contributed by atoms with van der Waals surface area (Å²) < 4.78 is 7.38. The van der Waals surface area contributed by atoms with Gasteiger partial charge in [0, 0.05) is 30.6 Å². The minimum atomic E-state index is -0.435. The standard InChI is InChI=1S/C15H13N3O3/c1-18-7-6-8-10(18)3-4-11-13(8)14(17-21-11)9-2-5-12(19)16-15(9)20/h3-4,6-7,9H,2,5H2,1H3,(H,16,19,20). The summed E-state index contributed by atoms with van der Waals surface area (Å²) in [5.41, 5.74) is 2.33. The van der Waals surface area contributed by atoms with Crippen LogP contribution < -0.4 is 5.32 Å². The maximum absolute atomic E-state index is 12.1. The number of hydrogen-bond acceptors (Lipinski definition) is 4. The molecule has 6 heteroatoms. The monoisotopic (exact) mass is 283 g/mol. The summed E-state index contributed by atoms with van der Waals surface area (Å²) in [5.74, 6) is -0.960. The average molecular weight is 283 g/mol. The van der Waals surface area contributed by atoms with Gasteiger partial charge in [-0.25, -0.2) is 0 Å². The zero-order valence-electron chi connectivity index (χ0n) is 11.4. The number of carbonyl (C=O) groups is 2. The Bertz CT molecular complexity index is 890. The van der Waals surface area contributed by atoms with E-state index in [1.165, 1.54) is 0 Å². The van der Waals surface area contributed by atoms with Crippen LogP contribution in [0.5, 0.6) is 0 Å². The third-order valence-corrected chi connectivity index (χ3v) is 4.10. The molecule has 1 aliphatic heterocycles. The van der Waals surface area contributed by atoms with Crippen LogP contribution in [0.4, 0.5) is 0 Å². The number of aryl methyl sites for hydroxylation is 1. The number of amides is 2. The smallest absolute Gasteiger partial charge is 0.235 e. The predicted octanol–water partition coefficient (Wildman–Crippen LogP) is 1.84. The van der Waals surface area contributed by atoms with E-state index in [1.54, 1.807) is 0 Å². The van der Waals surface area contributed by atoms with Crippen LogP contribution >= 0.6 is 0 Å². The molecule has 1 aliphatic rings. The molecule has 0 bridgehead atoms. The molecule has 6 nitrogen and oxygen atoms in total. The van der Waals surface area contributed by atoms with Gasteiger partial charge in [-0.2, -0.15) is 0 Å². The molecule has 1 aromatic carbocycles. The maximum Gasteiger partial charge on any atom is 0.235 e. The van der Waals surface area contributed by atoms with E-state index in [1.807, 2.05) is 36.0 Å². The van der Waals surface area contributed by atoms with E-state index in [9.17, 15) is 9.59 Å². The second kappa shape index (κ2) is 4.18. The zero-order chi connectivity index (χ0) is 14.6. The van der Waals surface area contributed by atoms with Crippen LogP contribution in [0, 0.1) is 0 Å². The van der Waals surface area contributed by atoms with Crippen LogP contribution in [0.25, 0.3) is 21.9 Å². The number of imide groups is 1. The Hall–Kier alpha value is -2.63. The number of fused-ring (bicyclic) bond motifs is 3. The fourth-order valence-electron chi connectivity index (χ4n) is 3.01. The predicted molar refractivity (Wildman–Crippen MR) is 75.6 cm³/mol. The first-order chi connectivity index (χ1) is 10.1. The van der Waals surface area contributed by atoms with Crippen LogP contribution in [0.15, 0.2) is 28.9 Å². The van der Waals surface area contributed by atoms with Crippen molar-refractivity contribution in [3.8, 4) is 0 Å². The highest BCUT2D eigenvalue weighted by molar-refractivity contribution is 6.09. The lowest BCUT2D eigenvalue weighted by molar-refractivity contribution is -0.134. The lowest BCUT2D eigenvalue weighted by atomic mass is 9.92. The van der Waals surface area contributed by atoms with Crippen molar-refractivity contribution in [2.24, 2.45) is 7.05 Å². The molecule has 1 N–H and O–H groups in total. The minimum absolute atomic E-state index is 0.228. The normalized spacial score (nSPS) is 19.4. The summed E-state index contributed by atoms with van der Waals surface area (Å²) in [6, 6.07) is 5.82. The van der Waals surface area contributed by atoms with E-state index in [0.29, 0.717) is 24.1 Å². The molecule has 2 amide bonds. The first kappa shape index (κ1) is 12.1. The van der Waals surface area contributed by atoms with E-state index < -0.39 is 5.92 Å². The second-order valence-electron chi connectivity index (χ2n) is 5.37. The van der Waals surface area contributed by atoms with Crippen LogP contribution in [0.1, 0.15) is 24.5 Å². The Morgan fingerprint density at radius 2 is 2.19 bits per heavy atom. The number of rotatable bonds is 1. The van der Waals surface area contributed by atoms with Crippen molar-refractivity contribution in [1.29, 1.82) is 0 Å². The topological polar surface area (TPSA) is 77.1 Å². The molecule has 0 spiro atoms. The fraction of sp³-hybridized carbons (Fsp3) is 0.267. The van der Waals surface area contributed by atoms with Crippen LogP contribution in [0.3, 0.4) is 0 Å². The largest absolute Gasteiger partial charge is 0.356 e. The summed E-state index contributed by atoms with van der Waals surface area (Å²) in [5, 5.41) is 8.34. The van der Waals surface area contributed by atoms with Gasteiger partial charge in [0.2, 0.25) is 11.8 Å². The molecule has 1 saturated heterocycles. The van der Waals surface area contributed by atoms with Crippen molar-refractivity contribution in [3.63, 3.8) is 0 Å². The molecule has 1 unspecified atom stereocenters. The summed E-state index contributed by atoms with van der Waals surface area (Å²) >= 11 is 0. The van der Waals surface area contributed by atoms with Crippen LogP contribution in [-0.4, -0.2) is 21.5 Å². The number of nitrogens with zero attached hydrogens (tertiary/aromatic N) is 2. The number of aromatic nitrogens is 2. The Morgan fingerprint density at radius 3 is 3.00 bits per heavy atom. The SMILES string of the molecule is Cn1ccc2c3c(C4CCC(=O)NC4=O)noc3ccc21. The molecule has 1 atom stereocenters. The van der Waals surface area contributed by atoms with Crippen LogP contribution in [0.2, 0.25) is 0 Å². The fourth-order valence-corrected chi connectivity index (χ4v) is 3.01. The molecule has 3 aromatic rings. The molecular weight excluding hydrogens is 270 g/mol. The third-order valence-electron chi connectivity index (χ3n) is 4.10. The van der Waals surface area contributed by atoms with Crippen molar-refractivity contribution >= 4 is 33.7 Å². The van der Waals surface area contributed by atoms with Crippen molar-refractivity contribution < 1.29 is 14.1 Å². The van der Waals surface area contributed by atoms with Gasteiger partial charge in [0.05, 0.1) is 11.3 Å². The summed E-state index contributed by atoms with van der Waals surface area (Å²) in [4.78, 5) is 23.4.